The molecule has 4 nitrogen and oxygen atoms in total. The molecular weight excluding hydrogens is 332 g/mol. The molecule has 0 amide bonds. The molecule has 0 unspecified atom stereocenters. The Morgan fingerprint density at radius 1 is 1.11 bits per heavy atom. The van der Waals surface area contributed by atoms with Crippen molar-refractivity contribution in [3.05, 3.63) is 83.3 Å². The van der Waals surface area contributed by atoms with Crippen molar-refractivity contribution >= 4 is 10.9 Å². The van der Waals surface area contributed by atoms with E-state index in [0.717, 1.165) is 43.1 Å². The van der Waals surface area contributed by atoms with Gasteiger partial charge in [0.2, 0.25) is 0 Å². The lowest BCUT2D eigenvalue weighted by Crippen LogP contribution is -2.31. The van der Waals surface area contributed by atoms with Crippen LogP contribution in [0.1, 0.15) is 22.4 Å². The van der Waals surface area contributed by atoms with Crippen molar-refractivity contribution in [1.82, 2.24) is 19.9 Å². The summed E-state index contributed by atoms with van der Waals surface area (Å²) < 4.78 is 0. The van der Waals surface area contributed by atoms with Crippen molar-refractivity contribution in [1.29, 1.82) is 0 Å². The molecule has 4 heteroatoms. The SMILES string of the molecule is Cc1ccc2[nH]cc(CN3CCc4cnc(-c5ccccc5)nc4C3)c2c1. The molecule has 27 heavy (non-hydrogen) atoms. The molecular formula is C23H22N4. The van der Waals surface area contributed by atoms with E-state index in [-0.39, 0.29) is 0 Å². The Hall–Kier alpha value is -2.98. The first-order valence-corrected chi connectivity index (χ1v) is 9.45. The largest absolute Gasteiger partial charge is 0.361 e. The number of aryl methyl sites for hydroxylation is 1. The Kier molecular flexibility index (Phi) is 3.98. The van der Waals surface area contributed by atoms with Crippen LogP contribution in [0.15, 0.2) is 60.9 Å². The van der Waals surface area contributed by atoms with Crippen LogP contribution in [0.4, 0.5) is 0 Å². The number of aromatic amines is 1. The Bertz CT molecular complexity index is 1100. The molecule has 0 atom stereocenters. The average molecular weight is 354 g/mol. The summed E-state index contributed by atoms with van der Waals surface area (Å²) in [7, 11) is 0. The minimum Gasteiger partial charge on any atom is -0.361 e. The van der Waals surface area contributed by atoms with Crippen molar-refractivity contribution in [2.45, 2.75) is 26.4 Å². The standard InChI is InChI=1S/C23H22N4/c1-16-7-8-21-20(11-16)19(13-24-21)14-27-10-9-18-12-25-23(26-22(18)15-27)17-5-3-2-4-6-17/h2-8,11-13,24H,9-10,14-15H2,1H3. The van der Waals surface area contributed by atoms with Crippen LogP contribution in [0.3, 0.4) is 0 Å². The Morgan fingerprint density at radius 2 is 2.00 bits per heavy atom. The molecule has 4 aromatic rings. The maximum atomic E-state index is 4.88. The topological polar surface area (TPSA) is 44.8 Å². The maximum Gasteiger partial charge on any atom is 0.159 e. The number of nitrogens with zero attached hydrogens (tertiary/aromatic N) is 3. The number of benzene rings is 2. The van der Waals surface area contributed by atoms with Gasteiger partial charge in [-0.25, -0.2) is 9.97 Å². The van der Waals surface area contributed by atoms with Crippen LogP contribution in [0, 0.1) is 6.92 Å². The van der Waals surface area contributed by atoms with Crippen LogP contribution in [0.25, 0.3) is 22.3 Å². The van der Waals surface area contributed by atoms with Crippen LogP contribution < -0.4 is 0 Å². The second kappa shape index (κ2) is 6.63. The van der Waals surface area contributed by atoms with E-state index in [1.54, 1.807) is 0 Å². The van der Waals surface area contributed by atoms with Gasteiger partial charge in [-0.05, 0) is 36.6 Å². The van der Waals surface area contributed by atoms with Crippen molar-refractivity contribution in [2.24, 2.45) is 0 Å². The van der Waals surface area contributed by atoms with Crippen molar-refractivity contribution in [3.63, 3.8) is 0 Å². The smallest absolute Gasteiger partial charge is 0.159 e. The summed E-state index contributed by atoms with van der Waals surface area (Å²) in [4.78, 5) is 15.3. The molecule has 3 heterocycles. The van der Waals surface area contributed by atoms with Gasteiger partial charge < -0.3 is 4.98 Å². The summed E-state index contributed by atoms with van der Waals surface area (Å²) in [6.45, 7) is 5.00. The van der Waals surface area contributed by atoms with Crippen LogP contribution in [0.2, 0.25) is 0 Å². The normalized spacial score (nSPS) is 14.4. The lowest BCUT2D eigenvalue weighted by Gasteiger charge is -2.27. The number of nitrogens with one attached hydrogen (secondary N) is 1. The molecule has 0 aliphatic carbocycles. The fourth-order valence-electron chi connectivity index (χ4n) is 3.88. The van der Waals surface area contributed by atoms with Crippen molar-refractivity contribution in [3.8, 4) is 11.4 Å². The van der Waals surface area contributed by atoms with Crippen LogP contribution >= 0.6 is 0 Å². The zero-order valence-corrected chi connectivity index (χ0v) is 15.4. The van der Waals surface area contributed by atoms with Gasteiger partial charge in [-0.2, -0.15) is 0 Å². The minimum atomic E-state index is 0.818. The highest BCUT2D eigenvalue weighted by Crippen LogP contribution is 2.25. The lowest BCUT2D eigenvalue weighted by molar-refractivity contribution is 0.242. The molecule has 5 rings (SSSR count). The minimum absolute atomic E-state index is 0.818. The summed E-state index contributed by atoms with van der Waals surface area (Å²) in [5.74, 6) is 0.818. The zero-order chi connectivity index (χ0) is 18.2. The first-order chi connectivity index (χ1) is 13.3. The van der Waals surface area contributed by atoms with E-state index in [4.69, 9.17) is 4.98 Å². The molecule has 134 valence electrons. The van der Waals surface area contributed by atoms with Crippen LogP contribution in [-0.2, 0) is 19.5 Å². The first-order valence-electron chi connectivity index (χ1n) is 9.45. The zero-order valence-electron chi connectivity index (χ0n) is 15.4. The van der Waals surface area contributed by atoms with Gasteiger partial charge in [0, 0.05) is 48.5 Å². The van der Waals surface area contributed by atoms with Crippen LogP contribution in [0.5, 0.6) is 0 Å². The first kappa shape index (κ1) is 16.2. The highest BCUT2D eigenvalue weighted by Gasteiger charge is 2.20. The molecule has 0 saturated heterocycles. The fourth-order valence-corrected chi connectivity index (χ4v) is 3.88. The molecule has 1 aliphatic rings. The number of H-pyrrole nitrogens is 1. The Balaban J connectivity index is 1.41. The number of rotatable bonds is 3. The van der Waals surface area contributed by atoms with E-state index in [0.29, 0.717) is 0 Å². The summed E-state index contributed by atoms with van der Waals surface area (Å²) in [6.07, 6.45) is 5.16. The second-order valence-corrected chi connectivity index (χ2v) is 7.36. The molecule has 2 aromatic carbocycles. The van der Waals surface area contributed by atoms with Gasteiger partial charge in [-0.15, -0.1) is 0 Å². The predicted octanol–water partition coefficient (Wildman–Crippen LogP) is 4.49. The second-order valence-electron chi connectivity index (χ2n) is 7.36. The van der Waals surface area contributed by atoms with Gasteiger partial charge >= 0.3 is 0 Å². The molecule has 1 N–H and O–H groups in total. The lowest BCUT2D eigenvalue weighted by atomic mass is 10.0. The van der Waals surface area contributed by atoms with E-state index < -0.39 is 0 Å². The van der Waals surface area contributed by atoms with Gasteiger partial charge in [-0.3, -0.25) is 4.90 Å². The summed E-state index contributed by atoms with van der Waals surface area (Å²) in [6, 6.07) is 16.8. The molecule has 0 fully saturated rings. The van der Waals surface area contributed by atoms with E-state index in [1.807, 2.05) is 24.4 Å². The quantitative estimate of drug-likeness (QED) is 0.589. The van der Waals surface area contributed by atoms with E-state index in [1.165, 1.54) is 27.6 Å². The summed E-state index contributed by atoms with van der Waals surface area (Å²) in [5.41, 5.74) is 7.38. The fraction of sp³-hybridized carbons (Fsp3) is 0.217. The number of aromatic nitrogens is 3. The molecule has 2 aromatic heterocycles. The highest BCUT2D eigenvalue weighted by molar-refractivity contribution is 5.83. The van der Waals surface area contributed by atoms with Gasteiger partial charge in [0.05, 0.1) is 5.69 Å². The molecule has 0 spiro atoms. The van der Waals surface area contributed by atoms with Gasteiger partial charge in [0.1, 0.15) is 0 Å². The van der Waals surface area contributed by atoms with E-state index in [9.17, 15) is 0 Å². The van der Waals surface area contributed by atoms with Crippen molar-refractivity contribution < 1.29 is 0 Å². The third kappa shape index (κ3) is 3.13. The molecule has 1 aliphatic heterocycles. The molecule has 0 radical (unpaired) electrons. The van der Waals surface area contributed by atoms with E-state index >= 15 is 0 Å². The van der Waals surface area contributed by atoms with Gasteiger partial charge in [0.25, 0.3) is 0 Å². The third-order valence-corrected chi connectivity index (χ3v) is 5.37. The molecule has 0 bridgehead atoms. The monoisotopic (exact) mass is 354 g/mol. The predicted molar refractivity (Wildman–Crippen MR) is 108 cm³/mol. The highest BCUT2D eigenvalue weighted by atomic mass is 15.1. The average Bonchev–Trinajstić information content (AvgIpc) is 3.10. The molecule has 0 saturated carbocycles. The number of hydrogen-bond donors (Lipinski definition) is 1. The van der Waals surface area contributed by atoms with Crippen molar-refractivity contribution in [2.75, 3.05) is 6.54 Å². The summed E-state index contributed by atoms with van der Waals surface area (Å²) in [5, 5.41) is 1.33. The summed E-state index contributed by atoms with van der Waals surface area (Å²) >= 11 is 0. The number of hydrogen-bond acceptors (Lipinski definition) is 3. The maximum absolute atomic E-state index is 4.88. The van der Waals surface area contributed by atoms with E-state index in [2.05, 4.69) is 58.3 Å². The van der Waals surface area contributed by atoms with Crippen LogP contribution in [-0.4, -0.2) is 26.4 Å². The third-order valence-electron chi connectivity index (χ3n) is 5.37. The van der Waals surface area contributed by atoms with Gasteiger partial charge in [-0.1, -0.05) is 42.0 Å². The number of fused-ring (bicyclic) bond motifs is 2. The Labute approximate surface area is 158 Å². The van der Waals surface area contributed by atoms with Gasteiger partial charge in [0.15, 0.2) is 5.82 Å². The Morgan fingerprint density at radius 3 is 2.89 bits per heavy atom.